The Kier molecular flexibility index (Phi) is 4.24. The molecule has 0 fully saturated rings. The van der Waals surface area contributed by atoms with Gasteiger partial charge in [0.25, 0.3) is 0 Å². The maximum Gasteiger partial charge on any atom is 0.0528 e. The normalized spacial score (nSPS) is 14.3. The zero-order chi connectivity index (χ0) is 13.0. The van der Waals surface area contributed by atoms with E-state index in [1.165, 1.54) is 0 Å². The molecule has 0 spiro atoms. The van der Waals surface area contributed by atoms with Crippen LogP contribution in [0.4, 0.5) is 5.69 Å². The third-order valence-electron chi connectivity index (χ3n) is 2.32. The molecule has 6 heteroatoms. The van der Waals surface area contributed by atoms with Gasteiger partial charge in [-0.15, -0.1) is 0 Å². The maximum atomic E-state index is 8.33. The average Bonchev–Trinajstić information content (AvgIpc) is 2.41. The third kappa shape index (κ3) is 2.66. The van der Waals surface area contributed by atoms with Crippen molar-refractivity contribution in [3.05, 3.63) is 54.6 Å². The highest BCUT2D eigenvalue weighted by atomic mass is 33.1. The Balaban J connectivity index is 2.42. The number of nitrogens with two attached hydrogens (primary N) is 2. The molecule has 94 valence electrons. The molecule has 2 atom stereocenters. The zero-order valence-electron chi connectivity index (χ0n) is 9.61. The monoisotopic (exact) mass is 278 g/mol. The number of anilines is 1. The first-order valence-electron chi connectivity index (χ1n) is 5.25. The van der Waals surface area contributed by atoms with Crippen LogP contribution in [0, 0.1) is 4.78 Å². The summed E-state index contributed by atoms with van der Waals surface area (Å²) in [5.74, 6) is 5.48. The van der Waals surface area contributed by atoms with E-state index in [1.54, 1.807) is 6.07 Å². The topological polar surface area (TPSA) is 88.2 Å². The van der Waals surface area contributed by atoms with Crippen LogP contribution in [0.15, 0.2) is 68.9 Å². The molecule has 0 aliphatic heterocycles. The quantitative estimate of drug-likeness (QED) is 0.349. The van der Waals surface area contributed by atoms with E-state index in [0.29, 0.717) is 5.69 Å². The molecule has 0 heterocycles. The van der Waals surface area contributed by atoms with Crippen molar-refractivity contribution in [1.82, 2.24) is 0 Å². The lowest BCUT2D eigenvalue weighted by molar-refractivity contribution is 1.28. The number of nitrogens with one attached hydrogen (secondary N) is 1. The highest BCUT2D eigenvalue weighted by Crippen LogP contribution is 2.23. The van der Waals surface area contributed by atoms with Gasteiger partial charge >= 0.3 is 0 Å². The van der Waals surface area contributed by atoms with Crippen LogP contribution in [0.2, 0.25) is 0 Å². The van der Waals surface area contributed by atoms with Crippen LogP contribution in [0.5, 0.6) is 0 Å². The van der Waals surface area contributed by atoms with E-state index < -0.39 is 19.4 Å². The van der Waals surface area contributed by atoms with E-state index in [4.69, 9.17) is 16.4 Å². The number of benzene rings is 2. The number of para-hydroxylation sites is 1. The number of hydrogen-bond donors (Lipinski definition) is 3. The summed E-state index contributed by atoms with van der Waals surface area (Å²) in [7, 11) is -1.56. The standard InChI is InChI=1S/C12H14N4S2/c13-11-8-4-5-9-12(11)17(15)18(16-14)10-6-2-1-3-7-10/h1-9,15H,13-14H2. The molecule has 0 aliphatic carbocycles. The van der Waals surface area contributed by atoms with Gasteiger partial charge in [0.2, 0.25) is 0 Å². The fourth-order valence-corrected chi connectivity index (χ4v) is 5.05. The Labute approximate surface area is 110 Å². The lowest BCUT2D eigenvalue weighted by Gasteiger charge is -2.11. The van der Waals surface area contributed by atoms with Crippen molar-refractivity contribution >= 4 is 25.1 Å². The van der Waals surface area contributed by atoms with Gasteiger partial charge in [-0.05, 0) is 24.3 Å². The minimum Gasteiger partial charge on any atom is -0.398 e. The molecule has 18 heavy (non-hydrogen) atoms. The molecule has 0 amide bonds. The Morgan fingerprint density at radius 3 is 2.17 bits per heavy atom. The van der Waals surface area contributed by atoms with Gasteiger partial charge in [-0.3, -0.25) is 4.78 Å². The van der Waals surface area contributed by atoms with E-state index in [1.807, 2.05) is 48.5 Å². The van der Waals surface area contributed by atoms with Gasteiger partial charge in [0.05, 0.1) is 4.90 Å². The van der Waals surface area contributed by atoms with Crippen LogP contribution < -0.4 is 11.6 Å². The van der Waals surface area contributed by atoms with Crippen LogP contribution in [-0.2, 0) is 19.4 Å². The average molecular weight is 278 g/mol. The van der Waals surface area contributed by atoms with Crippen LogP contribution >= 0.6 is 0 Å². The summed E-state index contributed by atoms with van der Waals surface area (Å²) in [5.41, 5.74) is 6.52. The lowest BCUT2D eigenvalue weighted by Crippen LogP contribution is -2.05. The van der Waals surface area contributed by atoms with Crippen LogP contribution in [0.1, 0.15) is 0 Å². The van der Waals surface area contributed by atoms with E-state index in [9.17, 15) is 0 Å². The van der Waals surface area contributed by atoms with Crippen molar-refractivity contribution in [1.29, 1.82) is 4.78 Å². The lowest BCUT2D eigenvalue weighted by atomic mass is 10.3. The van der Waals surface area contributed by atoms with E-state index in [0.717, 1.165) is 9.79 Å². The van der Waals surface area contributed by atoms with Gasteiger partial charge in [-0.2, -0.15) is 4.47 Å². The SMILES string of the molecule is N=S(c1ccccc1N)S(=NN)c1ccccc1. The van der Waals surface area contributed by atoms with Crippen molar-refractivity contribution in [3.8, 4) is 0 Å². The molecule has 5 N–H and O–H groups in total. The van der Waals surface area contributed by atoms with E-state index in [-0.39, 0.29) is 0 Å². The second-order valence-electron chi connectivity index (χ2n) is 3.47. The fraction of sp³-hybridized carbons (Fsp3) is 0. The van der Waals surface area contributed by atoms with Gasteiger partial charge in [0.1, 0.15) is 0 Å². The molecular formula is C12H14N4S2. The van der Waals surface area contributed by atoms with Crippen LogP contribution in [0.25, 0.3) is 0 Å². The zero-order valence-corrected chi connectivity index (χ0v) is 11.2. The smallest absolute Gasteiger partial charge is 0.0528 e. The van der Waals surface area contributed by atoms with Crippen molar-refractivity contribution in [2.24, 2.45) is 10.3 Å². The van der Waals surface area contributed by atoms with Gasteiger partial charge in [-0.25, -0.2) is 5.84 Å². The molecule has 2 rings (SSSR count). The summed E-state index contributed by atoms with van der Waals surface area (Å²) in [5, 5.41) is 0. The third-order valence-corrected chi connectivity index (χ3v) is 6.59. The second kappa shape index (κ2) is 5.90. The highest BCUT2D eigenvalue weighted by molar-refractivity contribution is 8.62. The Morgan fingerprint density at radius 1 is 0.944 bits per heavy atom. The molecule has 2 aromatic carbocycles. The Hall–Kier alpha value is -1.50. The number of nitrogens with zero attached hydrogens (tertiary/aromatic N) is 1. The molecule has 2 aromatic rings. The summed E-state index contributed by atoms with van der Waals surface area (Å²) < 4.78 is 12.2. The van der Waals surface area contributed by atoms with Crippen LogP contribution in [-0.4, -0.2) is 0 Å². The first-order valence-corrected chi connectivity index (χ1v) is 8.17. The first kappa shape index (κ1) is 12.9. The number of nitrogen functional groups attached to an aromatic ring is 1. The fourth-order valence-electron chi connectivity index (χ4n) is 1.47. The van der Waals surface area contributed by atoms with E-state index >= 15 is 0 Å². The molecule has 0 aromatic heterocycles. The molecule has 0 radical (unpaired) electrons. The first-order chi connectivity index (χ1) is 8.74. The van der Waals surface area contributed by atoms with Gasteiger partial charge in [0, 0.05) is 30.0 Å². The minimum atomic E-state index is -0.873. The molecule has 0 saturated heterocycles. The van der Waals surface area contributed by atoms with Gasteiger partial charge < -0.3 is 5.73 Å². The predicted molar refractivity (Wildman–Crippen MR) is 77.9 cm³/mol. The molecule has 0 aliphatic rings. The second-order valence-corrected chi connectivity index (χ2v) is 7.58. The molecule has 0 bridgehead atoms. The maximum absolute atomic E-state index is 8.33. The van der Waals surface area contributed by atoms with Gasteiger partial charge in [-0.1, -0.05) is 30.3 Å². The summed E-state index contributed by atoms with van der Waals surface area (Å²) in [6.45, 7) is 0. The summed E-state index contributed by atoms with van der Waals surface area (Å²) in [4.78, 5) is 1.75. The summed E-state index contributed by atoms with van der Waals surface area (Å²) in [6.07, 6.45) is 0. The Morgan fingerprint density at radius 2 is 1.56 bits per heavy atom. The highest BCUT2D eigenvalue weighted by Gasteiger charge is 2.11. The number of rotatable bonds is 3. The summed E-state index contributed by atoms with van der Waals surface area (Å²) >= 11 is 0. The molecule has 4 nitrogen and oxygen atoms in total. The largest absolute Gasteiger partial charge is 0.398 e. The van der Waals surface area contributed by atoms with Crippen LogP contribution in [0.3, 0.4) is 0 Å². The van der Waals surface area contributed by atoms with Crippen molar-refractivity contribution in [3.63, 3.8) is 0 Å². The van der Waals surface area contributed by atoms with Crippen molar-refractivity contribution in [2.45, 2.75) is 9.79 Å². The molecular weight excluding hydrogens is 264 g/mol. The summed E-state index contributed by atoms with van der Waals surface area (Å²) in [6, 6.07) is 17.0. The minimum absolute atomic E-state index is 0.618. The van der Waals surface area contributed by atoms with Crippen molar-refractivity contribution < 1.29 is 0 Å². The molecule has 0 saturated carbocycles. The van der Waals surface area contributed by atoms with Crippen molar-refractivity contribution in [2.75, 3.05) is 5.73 Å². The Bertz CT molecular complexity index is 596. The van der Waals surface area contributed by atoms with Gasteiger partial charge in [0.15, 0.2) is 0 Å². The number of hydrogen-bond acceptors (Lipinski definition) is 3. The predicted octanol–water partition coefficient (Wildman–Crippen LogP) is 2.66. The molecule has 2 unspecified atom stereocenters. The van der Waals surface area contributed by atoms with E-state index in [2.05, 4.69) is 4.47 Å².